The molecule has 0 aliphatic heterocycles. The van der Waals surface area contributed by atoms with Crippen molar-refractivity contribution in [2.75, 3.05) is 46.7 Å². The van der Waals surface area contributed by atoms with Crippen LogP contribution in [0.3, 0.4) is 0 Å². The van der Waals surface area contributed by atoms with Gasteiger partial charge < -0.3 is 33.7 Å². The Bertz CT molecular complexity index is 989. The average Bonchev–Trinajstić information content (AvgIpc) is 2.84. The van der Waals surface area contributed by atoms with Gasteiger partial charge in [-0.25, -0.2) is 9.59 Å². The molecule has 0 aromatic rings. The molecule has 1 aliphatic carbocycles. The molecule has 2 atom stereocenters. The molecule has 0 saturated heterocycles. The summed E-state index contributed by atoms with van der Waals surface area (Å²) in [7, 11) is -3.99. The van der Waals surface area contributed by atoms with Crippen LogP contribution in [-0.2, 0) is 32.7 Å². The number of hydrogen-bond acceptors (Lipinski definition) is 8. The molecule has 1 saturated carbocycles. The van der Waals surface area contributed by atoms with E-state index in [0.29, 0.717) is 31.4 Å². The van der Waals surface area contributed by atoms with Crippen LogP contribution in [0.1, 0.15) is 53.4 Å². The predicted octanol–water partition coefficient (Wildman–Crippen LogP) is 6.26. The van der Waals surface area contributed by atoms with Crippen LogP contribution >= 0.6 is 0 Å². The maximum absolute atomic E-state index is 13.4. The number of amides is 2. The van der Waals surface area contributed by atoms with Crippen molar-refractivity contribution in [3.63, 3.8) is 0 Å². The van der Waals surface area contributed by atoms with E-state index in [4.69, 9.17) is 23.1 Å². The van der Waals surface area contributed by atoms with E-state index in [1.807, 2.05) is 0 Å². The number of carbonyl (C=O) groups is 3. The fourth-order valence-electron chi connectivity index (χ4n) is 7.21. The van der Waals surface area contributed by atoms with E-state index in [-0.39, 0.29) is 36.0 Å². The van der Waals surface area contributed by atoms with Gasteiger partial charge in [-0.2, -0.15) is 0 Å². The molecule has 0 radical (unpaired) electrons. The van der Waals surface area contributed by atoms with Gasteiger partial charge in [0.25, 0.3) is 0 Å². The summed E-state index contributed by atoms with van der Waals surface area (Å²) in [5.41, 5.74) is 1.15. The first-order valence-corrected chi connectivity index (χ1v) is 26.0. The summed E-state index contributed by atoms with van der Waals surface area (Å²) < 4.78 is 27.7. The number of rotatable bonds is 20. The smallest absolute Gasteiger partial charge is 0.407 e. The minimum atomic E-state index is -1.96. The summed E-state index contributed by atoms with van der Waals surface area (Å²) in [6, 6.07) is 1.68. The van der Waals surface area contributed by atoms with E-state index in [2.05, 4.69) is 77.3 Å². The van der Waals surface area contributed by atoms with Crippen molar-refractivity contribution in [3.05, 3.63) is 12.2 Å². The van der Waals surface area contributed by atoms with Crippen LogP contribution in [0.5, 0.6) is 0 Å². The molecule has 2 unspecified atom stereocenters. The summed E-state index contributed by atoms with van der Waals surface area (Å²) in [4.78, 5) is 37.2. The molecule has 1 rings (SSSR count). The van der Waals surface area contributed by atoms with Gasteiger partial charge in [0.1, 0.15) is 13.2 Å². The van der Waals surface area contributed by atoms with Crippen molar-refractivity contribution in [1.82, 2.24) is 10.6 Å². The highest BCUT2D eigenvalue weighted by Gasteiger charge is 2.43. The third kappa shape index (κ3) is 18.4. The molecule has 1 fully saturated rings. The number of hydrogen-bond donors (Lipinski definition) is 2. The van der Waals surface area contributed by atoms with E-state index in [0.717, 1.165) is 44.0 Å². The van der Waals surface area contributed by atoms with Crippen molar-refractivity contribution in [3.8, 4) is 0 Å². The van der Waals surface area contributed by atoms with E-state index < -0.39 is 36.8 Å². The topological polar surface area (TPSA) is 121 Å². The zero-order valence-electron chi connectivity index (χ0n) is 30.2. The summed E-state index contributed by atoms with van der Waals surface area (Å²) in [5.74, 6) is -0.380. The standard InChI is InChI=1S/C32H64N2O8Si3/c1-26(2)29(36)40-17-18-41-30(37)33-24-32(5)21-27(20-31(3,4)23-32)34-28(35)22-43(7,8)25-45(11,12)42-44(9,10)19-13-14-39-16-15-38-6/h27H,1,13-25H2,2-12H3,(H,33,37)(H,34,35). The van der Waals surface area contributed by atoms with Crippen LogP contribution in [0.4, 0.5) is 4.79 Å². The lowest BCUT2D eigenvalue weighted by Gasteiger charge is -2.47. The molecule has 0 aromatic carbocycles. The van der Waals surface area contributed by atoms with Gasteiger partial charge in [0.05, 0.1) is 21.3 Å². The van der Waals surface area contributed by atoms with Crippen LogP contribution in [0, 0.1) is 10.8 Å². The van der Waals surface area contributed by atoms with Crippen LogP contribution in [-0.4, -0.2) is 95.4 Å². The van der Waals surface area contributed by atoms with E-state index >= 15 is 0 Å². The third-order valence-electron chi connectivity index (χ3n) is 7.96. The first-order chi connectivity index (χ1) is 20.6. The van der Waals surface area contributed by atoms with Crippen molar-refractivity contribution >= 4 is 42.7 Å². The quantitative estimate of drug-likeness (QED) is 0.0666. The number of carbonyl (C=O) groups excluding carboxylic acids is 3. The normalized spacial score (nSPS) is 20.3. The first-order valence-electron chi connectivity index (χ1n) is 16.4. The van der Waals surface area contributed by atoms with E-state index in [1.54, 1.807) is 14.0 Å². The fraction of sp³-hybridized carbons (Fsp3) is 0.844. The Morgan fingerprint density at radius 1 is 0.889 bits per heavy atom. The van der Waals surface area contributed by atoms with Gasteiger partial charge in [0, 0.05) is 37.9 Å². The molecule has 13 heteroatoms. The van der Waals surface area contributed by atoms with Crippen LogP contribution in [0.15, 0.2) is 12.2 Å². The molecule has 45 heavy (non-hydrogen) atoms. The zero-order chi connectivity index (χ0) is 34.5. The Morgan fingerprint density at radius 2 is 1.53 bits per heavy atom. The number of methoxy groups -OCH3 is 1. The molecular weight excluding hydrogens is 625 g/mol. The number of ether oxygens (including phenoxy) is 4. The molecule has 0 heterocycles. The Hall–Kier alpha value is -1.52. The van der Waals surface area contributed by atoms with Gasteiger partial charge in [-0.15, -0.1) is 0 Å². The first kappa shape index (κ1) is 41.5. The van der Waals surface area contributed by atoms with E-state index in [9.17, 15) is 14.4 Å². The summed E-state index contributed by atoms with van der Waals surface area (Å²) in [6.45, 7) is 27.9. The Kier molecular flexibility index (Phi) is 16.7. The maximum Gasteiger partial charge on any atom is 0.407 e. The lowest BCUT2D eigenvalue weighted by Crippen LogP contribution is -2.52. The fourth-order valence-corrected chi connectivity index (χ4v) is 26.2. The molecule has 0 aromatic heterocycles. The Labute approximate surface area is 276 Å². The van der Waals surface area contributed by atoms with E-state index in [1.165, 1.54) is 0 Å². The molecule has 1 aliphatic rings. The third-order valence-corrected chi connectivity index (χ3v) is 22.5. The molecule has 2 amide bonds. The SMILES string of the molecule is C=C(C)C(=O)OCCOC(=O)NCC1(C)CC(NC(=O)C[Si](C)(C)C[Si](C)(C)O[Si](C)(C)CCCOCCOC)CC(C)(C)C1. The molecule has 10 nitrogen and oxygen atoms in total. The minimum absolute atomic E-state index is 0.00794. The Balaban J connectivity index is 2.62. The largest absolute Gasteiger partial charge is 0.459 e. The molecular formula is C32H64N2O8Si3. The second-order valence-corrected chi connectivity index (χ2v) is 30.5. The van der Waals surface area contributed by atoms with Gasteiger partial charge in [0.2, 0.25) is 5.91 Å². The van der Waals surface area contributed by atoms with Crippen molar-refractivity contribution < 1.29 is 37.4 Å². The number of alkyl carbamates (subject to hydrolysis) is 1. The second kappa shape index (κ2) is 18.1. The zero-order valence-corrected chi connectivity index (χ0v) is 33.2. The number of nitrogens with one attached hydrogen (secondary N) is 2. The van der Waals surface area contributed by atoms with Crippen LogP contribution in [0.25, 0.3) is 0 Å². The average molecular weight is 689 g/mol. The monoisotopic (exact) mass is 688 g/mol. The highest BCUT2D eigenvalue weighted by molar-refractivity contribution is 6.97. The van der Waals surface area contributed by atoms with Gasteiger partial charge in [-0.1, -0.05) is 40.4 Å². The van der Waals surface area contributed by atoms with Gasteiger partial charge >= 0.3 is 12.1 Å². The highest BCUT2D eigenvalue weighted by Crippen LogP contribution is 2.46. The lowest BCUT2D eigenvalue weighted by atomic mass is 9.62. The molecule has 2 N–H and O–H groups in total. The van der Waals surface area contributed by atoms with Gasteiger partial charge in [-0.05, 0) is 81.3 Å². The van der Waals surface area contributed by atoms with Gasteiger partial charge in [0.15, 0.2) is 16.6 Å². The summed E-state index contributed by atoms with van der Waals surface area (Å²) in [5, 5.41) is 6.25. The summed E-state index contributed by atoms with van der Waals surface area (Å²) in [6.07, 6.45) is 3.04. The van der Waals surface area contributed by atoms with Crippen molar-refractivity contribution in [2.24, 2.45) is 10.8 Å². The highest BCUT2D eigenvalue weighted by atomic mass is 28.4. The predicted molar refractivity (Wildman–Crippen MR) is 188 cm³/mol. The molecule has 0 spiro atoms. The Morgan fingerprint density at radius 3 is 2.16 bits per heavy atom. The molecule has 262 valence electrons. The minimum Gasteiger partial charge on any atom is -0.459 e. The van der Waals surface area contributed by atoms with Crippen LogP contribution < -0.4 is 10.6 Å². The second-order valence-electron chi connectivity index (χ2n) is 16.1. The van der Waals surface area contributed by atoms with Crippen LogP contribution in [0.2, 0.25) is 57.0 Å². The van der Waals surface area contributed by atoms with Crippen molar-refractivity contribution in [2.45, 2.75) is 116 Å². The maximum atomic E-state index is 13.4. The molecule has 0 bridgehead atoms. The van der Waals surface area contributed by atoms with Crippen molar-refractivity contribution in [1.29, 1.82) is 0 Å². The number of esters is 1. The lowest BCUT2D eigenvalue weighted by molar-refractivity contribution is -0.139. The van der Waals surface area contributed by atoms with Gasteiger partial charge in [-0.3, -0.25) is 4.79 Å². The summed E-state index contributed by atoms with van der Waals surface area (Å²) >= 11 is 0.